The third kappa shape index (κ3) is 11.9. The zero-order valence-electron chi connectivity index (χ0n) is 12.8. The highest BCUT2D eigenvalue weighted by Gasteiger charge is 2.14. The average molecular weight is 283 g/mol. The molecule has 4 heteroatoms. The topological polar surface area (TPSA) is 60.2 Å². The van der Waals surface area contributed by atoms with Crippen molar-refractivity contribution in [2.45, 2.75) is 83.6 Å². The Bertz CT molecular complexity index is 277. The Morgan fingerprint density at radius 3 is 2.25 bits per heavy atom. The second kappa shape index (κ2) is 14.2. The number of rotatable bonds is 14. The van der Waals surface area contributed by atoms with Crippen LogP contribution in [-0.4, -0.2) is 17.3 Å². The van der Waals surface area contributed by atoms with E-state index in [1.54, 1.807) is 6.08 Å². The molecule has 0 aliphatic heterocycles. The van der Waals surface area contributed by atoms with E-state index in [-0.39, 0.29) is 4.92 Å². The molecule has 0 amide bonds. The van der Waals surface area contributed by atoms with Gasteiger partial charge in [-0.05, 0) is 31.8 Å². The van der Waals surface area contributed by atoms with Gasteiger partial charge >= 0.3 is 0 Å². The SMILES string of the molecule is CCCCCCC(/C=C/CCCCCCC=O)[N+](=O)[O-]. The monoisotopic (exact) mass is 283 g/mol. The van der Waals surface area contributed by atoms with E-state index in [1.165, 1.54) is 0 Å². The number of aldehydes is 1. The number of hydrogen-bond acceptors (Lipinski definition) is 3. The van der Waals surface area contributed by atoms with Gasteiger partial charge in [0.1, 0.15) is 6.29 Å². The van der Waals surface area contributed by atoms with Crippen LogP contribution in [0.2, 0.25) is 0 Å². The van der Waals surface area contributed by atoms with Crippen LogP contribution in [0.25, 0.3) is 0 Å². The minimum absolute atomic E-state index is 0.174. The normalized spacial score (nSPS) is 12.7. The van der Waals surface area contributed by atoms with Crippen molar-refractivity contribution in [1.29, 1.82) is 0 Å². The van der Waals surface area contributed by atoms with Crippen molar-refractivity contribution in [1.82, 2.24) is 0 Å². The van der Waals surface area contributed by atoms with Gasteiger partial charge in [-0.2, -0.15) is 0 Å². The summed E-state index contributed by atoms with van der Waals surface area (Å²) in [7, 11) is 0. The van der Waals surface area contributed by atoms with Gasteiger partial charge in [0.2, 0.25) is 6.04 Å². The maximum atomic E-state index is 10.9. The lowest BCUT2D eigenvalue weighted by molar-refractivity contribution is -0.510. The predicted octanol–water partition coefficient (Wildman–Crippen LogP) is 4.70. The molecule has 0 spiro atoms. The molecule has 0 aliphatic carbocycles. The van der Waals surface area contributed by atoms with Crippen molar-refractivity contribution in [2.24, 2.45) is 0 Å². The lowest BCUT2D eigenvalue weighted by atomic mass is 10.1. The molecular formula is C16H29NO3. The molecule has 0 saturated heterocycles. The molecule has 0 aromatic heterocycles. The van der Waals surface area contributed by atoms with Crippen LogP contribution in [0, 0.1) is 10.1 Å². The number of carbonyl (C=O) groups excluding carboxylic acids is 1. The number of unbranched alkanes of at least 4 members (excludes halogenated alkanes) is 8. The van der Waals surface area contributed by atoms with Crippen LogP contribution in [0.4, 0.5) is 0 Å². The quantitative estimate of drug-likeness (QED) is 0.153. The van der Waals surface area contributed by atoms with Crippen LogP contribution in [0.1, 0.15) is 77.6 Å². The van der Waals surface area contributed by atoms with Crippen LogP contribution in [0.15, 0.2) is 12.2 Å². The van der Waals surface area contributed by atoms with Crippen LogP contribution < -0.4 is 0 Å². The average Bonchev–Trinajstić information content (AvgIpc) is 2.43. The maximum Gasteiger partial charge on any atom is 0.231 e. The van der Waals surface area contributed by atoms with E-state index >= 15 is 0 Å². The fraction of sp³-hybridized carbons (Fsp3) is 0.812. The lowest BCUT2D eigenvalue weighted by Gasteiger charge is -2.04. The maximum absolute atomic E-state index is 10.9. The van der Waals surface area contributed by atoms with E-state index in [0.29, 0.717) is 12.8 Å². The summed E-state index contributed by atoms with van der Waals surface area (Å²) < 4.78 is 0. The lowest BCUT2D eigenvalue weighted by Crippen LogP contribution is -2.16. The van der Waals surface area contributed by atoms with Gasteiger partial charge in [-0.1, -0.05) is 45.1 Å². The van der Waals surface area contributed by atoms with Crippen molar-refractivity contribution in [3.63, 3.8) is 0 Å². The molecule has 4 nitrogen and oxygen atoms in total. The Morgan fingerprint density at radius 2 is 1.65 bits per heavy atom. The van der Waals surface area contributed by atoms with Crippen molar-refractivity contribution < 1.29 is 9.72 Å². The van der Waals surface area contributed by atoms with Gasteiger partial charge in [-0.15, -0.1) is 0 Å². The first-order valence-corrected chi connectivity index (χ1v) is 7.96. The summed E-state index contributed by atoms with van der Waals surface area (Å²) in [5.74, 6) is 0. The first-order chi connectivity index (χ1) is 9.72. The Morgan fingerprint density at radius 1 is 1.00 bits per heavy atom. The Balaban J connectivity index is 3.69. The van der Waals surface area contributed by atoms with Crippen LogP contribution in [-0.2, 0) is 4.79 Å². The summed E-state index contributed by atoms with van der Waals surface area (Å²) in [6.45, 7) is 2.14. The molecule has 0 aliphatic rings. The summed E-state index contributed by atoms with van der Waals surface area (Å²) in [6, 6.07) is -0.512. The highest BCUT2D eigenvalue weighted by atomic mass is 16.6. The van der Waals surface area contributed by atoms with Crippen molar-refractivity contribution in [2.75, 3.05) is 0 Å². The molecule has 0 fully saturated rings. The van der Waals surface area contributed by atoms with Gasteiger partial charge in [0.25, 0.3) is 0 Å². The number of nitro groups is 1. The Labute approximate surface area is 122 Å². The van der Waals surface area contributed by atoms with Gasteiger partial charge in [0, 0.05) is 17.8 Å². The summed E-state index contributed by atoms with van der Waals surface area (Å²) in [4.78, 5) is 20.9. The van der Waals surface area contributed by atoms with Gasteiger partial charge in [-0.3, -0.25) is 10.1 Å². The van der Waals surface area contributed by atoms with Gasteiger partial charge in [0.05, 0.1) is 0 Å². The molecule has 0 aromatic carbocycles. The number of nitrogens with zero attached hydrogens (tertiary/aromatic N) is 1. The minimum atomic E-state index is -0.512. The molecule has 0 N–H and O–H groups in total. The molecule has 0 bridgehead atoms. The molecule has 1 unspecified atom stereocenters. The largest absolute Gasteiger partial charge is 0.303 e. The second-order valence-electron chi connectivity index (χ2n) is 5.29. The van der Waals surface area contributed by atoms with Crippen molar-refractivity contribution >= 4 is 6.29 Å². The molecule has 1 atom stereocenters. The molecule has 0 aromatic rings. The standard InChI is InChI=1S/C16H29NO3/c1-2-3-4-10-13-16(17(19)20)14-11-8-6-5-7-9-12-15-18/h11,14-16H,2-10,12-13H2,1H3/b14-11+. The second-order valence-corrected chi connectivity index (χ2v) is 5.29. The van der Waals surface area contributed by atoms with Gasteiger partial charge in [-0.25, -0.2) is 0 Å². The van der Waals surface area contributed by atoms with Gasteiger partial charge in [0.15, 0.2) is 0 Å². The van der Waals surface area contributed by atoms with Crippen molar-refractivity contribution in [3.8, 4) is 0 Å². The van der Waals surface area contributed by atoms with Crippen molar-refractivity contribution in [3.05, 3.63) is 22.3 Å². The minimum Gasteiger partial charge on any atom is -0.303 e. The van der Waals surface area contributed by atoms with E-state index in [2.05, 4.69) is 6.92 Å². The number of allylic oxidation sites excluding steroid dienone is 1. The summed E-state index contributed by atoms with van der Waals surface area (Å²) in [6.07, 6.45) is 15.4. The number of hydrogen-bond donors (Lipinski definition) is 0. The third-order valence-electron chi connectivity index (χ3n) is 3.43. The predicted molar refractivity (Wildman–Crippen MR) is 82.4 cm³/mol. The van der Waals surface area contributed by atoms with E-state index in [9.17, 15) is 14.9 Å². The van der Waals surface area contributed by atoms with Crippen LogP contribution >= 0.6 is 0 Å². The molecule has 0 heterocycles. The van der Waals surface area contributed by atoms with E-state index < -0.39 is 6.04 Å². The zero-order chi connectivity index (χ0) is 15.1. The highest BCUT2D eigenvalue weighted by molar-refractivity contribution is 5.48. The summed E-state index contributed by atoms with van der Waals surface area (Å²) in [5, 5.41) is 10.9. The molecule has 116 valence electrons. The molecule has 20 heavy (non-hydrogen) atoms. The third-order valence-corrected chi connectivity index (χ3v) is 3.43. The molecule has 0 saturated carbocycles. The smallest absolute Gasteiger partial charge is 0.231 e. The molecular weight excluding hydrogens is 254 g/mol. The zero-order valence-corrected chi connectivity index (χ0v) is 12.8. The first-order valence-electron chi connectivity index (χ1n) is 7.96. The van der Waals surface area contributed by atoms with Gasteiger partial charge < -0.3 is 4.79 Å². The summed E-state index contributed by atoms with van der Waals surface area (Å²) in [5.41, 5.74) is 0. The fourth-order valence-corrected chi connectivity index (χ4v) is 2.15. The van der Waals surface area contributed by atoms with Crippen LogP contribution in [0.5, 0.6) is 0 Å². The fourth-order valence-electron chi connectivity index (χ4n) is 2.15. The molecule has 0 radical (unpaired) electrons. The Hall–Kier alpha value is -1.19. The van der Waals surface area contributed by atoms with E-state index in [1.807, 2.05) is 6.08 Å². The van der Waals surface area contributed by atoms with E-state index in [4.69, 9.17) is 0 Å². The summed E-state index contributed by atoms with van der Waals surface area (Å²) >= 11 is 0. The Kier molecular flexibility index (Phi) is 13.4. The molecule has 0 rings (SSSR count). The van der Waals surface area contributed by atoms with Crippen LogP contribution in [0.3, 0.4) is 0 Å². The van der Waals surface area contributed by atoms with E-state index in [0.717, 1.165) is 64.1 Å². The highest BCUT2D eigenvalue weighted by Crippen LogP contribution is 2.10. The first kappa shape index (κ1) is 18.8. The number of carbonyl (C=O) groups is 1.